The minimum absolute atomic E-state index is 0.00991. The molecule has 0 radical (unpaired) electrons. The van der Waals surface area contributed by atoms with Crippen LogP contribution in [0.25, 0.3) is 11.2 Å². The van der Waals surface area contributed by atoms with Crippen molar-refractivity contribution in [1.29, 1.82) is 0 Å². The van der Waals surface area contributed by atoms with Crippen molar-refractivity contribution in [2.75, 3.05) is 35.2 Å². The average Bonchev–Trinajstić information content (AvgIpc) is 4.05. The molecule has 54 heavy (non-hydrogen) atoms. The van der Waals surface area contributed by atoms with Crippen molar-refractivity contribution in [3.8, 4) is 0 Å². The van der Waals surface area contributed by atoms with Crippen molar-refractivity contribution in [1.82, 2.24) is 50.2 Å². The first-order valence-electron chi connectivity index (χ1n) is 18.4. The van der Waals surface area contributed by atoms with Crippen LogP contribution in [0, 0.1) is 0 Å². The number of nitrogens with one attached hydrogen (secondary N) is 3. The Morgan fingerprint density at radius 2 is 1.72 bits per heavy atom. The Balaban J connectivity index is 1.09. The summed E-state index contributed by atoms with van der Waals surface area (Å²) >= 11 is 0. The SMILES string of the molecule is CCc1nnn([C@H]2C[C@@H](n3cnc4c(NCC(c5ccccc5)c5ccccc5)nc(N5CC[C@@H](NC(=O)Nc6cc(CC)on6)C5)nc43)[C@H](O)[C@@H]2O)n1. The Kier molecular flexibility index (Phi) is 9.88. The maximum absolute atomic E-state index is 12.8. The summed E-state index contributed by atoms with van der Waals surface area (Å²) in [6.45, 7) is 5.45. The normalized spacial score (nSPS) is 21.3. The van der Waals surface area contributed by atoms with Crippen LogP contribution in [0.2, 0.25) is 0 Å². The van der Waals surface area contributed by atoms with Gasteiger partial charge in [-0.05, 0) is 29.2 Å². The fourth-order valence-corrected chi connectivity index (χ4v) is 7.37. The highest BCUT2D eigenvalue weighted by Crippen LogP contribution is 2.40. The second-order valence-corrected chi connectivity index (χ2v) is 13.7. The third-order valence-electron chi connectivity index (χ3n) is 10.3. The number of benzene rings is 2. The standard InChI is InChI=1S/C37H43N13O4/c1-3-25-17-30(46-54-25)41-37(53)40-24-15-16-48(20-24)36-42-34(38-19-26(22-11-7-5-8-12-22)23-13-9-6-10-14-23)31-35(43-36)49(21-39-31)27-18-28(33(52)32(27)51)50-45-29(4-2)44-47-50/h5-14,17,21,24,26-28,32-33,51-52H,3-4,15-16,18-20H2,1-2H3,(H,38,42,43)(H2,40,41,46,53)/t24-,27-,28+,32+,33-/m1/s1. The van der Waals surface area contributed by atoms with E-state index in [1.807, 2.05) is 59.7 Å². The van der Waals surface area contributed by atoms with Gasteiger partial charge in [-0.3, -0.25) is 5.32 Å². The number of rotatable bonds is 12. The summed E-state index contributed by atoms with van der Waals surface area (Å²) in [4.78, 5) is 31.1. The van der Waals surface area contributed by atoms with E-state index in [9.17, 15) is 15.0 Å². The van der Waals surface area contributed by atoms with Gasteiger partial charge < -0.3 is 34.8 Å². The first-order valence-corrected chi connectivity index (χ1v) is 18.4. The number of aliphatic hydroxyl groups is 2. The van der Waals surface area contributed by atoms with Gasteiger partial charge in [0.1, 0.15) is 24.0 Å². The number of hydrogen-bond acceptors (Lipinski definition) is 13. The van der Waals surface area contributed by atoms with E-state index in [4.69, 9.17) is 19.5 Å². The van der Waals surface area contributed by atoms with E-state index in [0.717, 1.165) is 11.1 Å². The zero-order valence-electron chi connectivity index (χ0n) is 30.0. The molecule has 5 N–H and O–H groups in total. The number of aromatic nitrogens is 9. The molecule has 0 bridgehead atoms. The van der Waals surface area contributed by atoms with Crippen LogP contribution in [-0.4, -0.2) is 99.0 Å². The number of hydrogen-bond donors (Lipinski definition) is 5. The lowest BCUT2D eigenvalue weighted by Crippen LogP contribution is -2.40. The van der Waals surface area contributed by atoms with E-state index < -0.39 is 24.3 Å². The molecule has 2 fully saturated rings. The average molecular weight is 734 g/mol. The number of aliphatic hydroxyl groups excluding tert-OH is 2. The highest BCUT2D eigenvalue weighted by atomic mass is 16.5. The number of amides is 2. The topological polar surface area (TPSA) is 210 Å². The number of aryl methyl sites for hydroxylation is 2. The smallest absolute Gasteiger partial charge is 0.320 e. The van der Waals surface area contributed by atoms with E-state index >= 15 is 0 Å². The summed E-state index contributed by atoms with van der Waals surface area (Å²) < 4.78 is 7.02. The van der Waals surface area contributed by atoms with Crippen LogP contribution in [0.3, 0.4) is 0 Å². The molecule has 2 amide bonds. The van der Waals surface area contributed by atoms with Gasteiger partial charge in [0.2, 0.25) is 5.95 Å². The Bertz CT molecular complexity index is 2150. The predicted octanol–water partition coefficient (Wildman–Crippen LogP) is 3.48. The van der Waals surface area contributed by atoms with Crippen LogP contribution < -0.4 is 20.9 Å². The summed E-state index contributed by atoms with van der Waals surface area (Å²) in [6, 6.07) is 20.6. The molecule has 17 nitrogen and oxygen atoms in total. The molecule has 2 aromatic carbocycles. The fraction of sp³-hybridized carbons (Fsp3) is 0.405. The molecule has 1 aliphatic heterocycles. The molecule has 8 rings (SSSR count). The number of nitrogens with zero attached hydrogens (tertiary/aromatic N) is 10. The molecular formula is C37H43N13O4. The molecule has 1 saturated heterocycles. The quantitative estimate of drug-likeness (QED) is 0.122. The zero-order chi connectivity index (χ0) is 37.2. The monoisotopic (exact) mass is 733 g/mol. The Hall–Kier alpha value is -5.94. The second kappa shape index (κ2) is 15.2. The first-order chi connectivity index (χ1) is 26.4. The third-order valence-corrected chi connectivity index (χ3v) is 10.3. The van der Waals surface area contributed by atoms with Crippen molar-refractivity contribution in [2.45, 2.75) is 75.8 Å². The second-order valence-electron chi connectivity index (χ2n) is 13.7. The number of tetrazole rings is 1. The minimum Gasteiger partial charge on any atom is -0.388 e. The molecule has 17 heteroatoms. The van der Waals surface area contributed by atoms with Gasteiger partial charge in [-0.1, -0.05) is 79.7 Å². The van der Waals surface area contributed by atoms with E-state index in [2.05, 4.69) is 60.8 Å². The summed E-state index contributed by atoms with van der Waals surface area (Å²) in [7, 11) is 0. The van der Waals surface area contributed by atoms with Gasteiger partial charge in [0.05, 0.1) is 12.4 Å². The van der Waals surface area contributed by atoms with Crippen molar-refractivity contribution < 1.29 is 19.5 Å². The Morgan fingerprint density at radius 1 is 0.981 bits per heavy atom. The van der Waals surface area contributed by atoms with Gasteiger partial charge in [-0.15, -0.1) is 10.2 Å². The van der Waals surface area contributed by atoms with E-state index in [0.29, 0.717) is 85.7 Å². The molecule has 5 heterocycles. The highest BCUT2D eigenvalue weighted by molar-refractivity contribution is 5.88. The molecule has 4 aromatic heterocycles. The molecule has 280 valence electrons. The van der Waals surface area contributed by atoms with Crippen LogP contribution in [0.4, 0.5) is 22.4 Å². The van der Waals surface area contributed by atoms with Gasteiger partial charge in [0.25, 0.3) is 0 Å². The van der Waals surface area contributed by atoms with E-state index in [1.54, 1.807) is 12.4 Å². The summed E-state index contributed by atoms with van der Waals surface area (Å²) in [6.07, 6.45) is 1.63. The van der Waals surface area contributed by atoms with Gasteiger partial charge in [0.15, 0.2) is 28.6 Å². The molecule has 0 spiro atoms. The number of urea groups is 1. The van der Waals surface area contributed by atoms with Gasteiger partial charge >= 0.3 is 6.03 Å². The molecule has 0 unspecified atom stereocenters. The molecule has 1 aliphatic carbocycles. The minimum atomic E-state index is -1.14. The number of carbonyl (C=O) groups excluding carboxylic acids is 1. The fourth-order valence-electron chi connectivity index (χ4n) is 7.37. The van der Waals surface area contributed by atoms with Crippen LogP contribution in [0.1, 0.15) is 67.4 Å². The molecule has 6 aromatic rings. The number of carbonyl (C=O) groups is 1. The maximum atomic E-state index is 12.8. The third kappa shape index (κ3) is 7.06. The summed E-state index contributed by atoms with van der Waals surface area (Å²) in [5, 5.41) is 48.5. The Labute approximate surface area is 310 Å². The predicted molar refractivity (Wildman–Crippen MR) is 199 cm³/mol. The molecular weight excluding hydrogens is 690 g/mol. The molecule has 5 atom stereocenters. The lowest BCUT2D eigenvalue weighted by atomic mass is 9.91. The lowest BCUT2D eigenvalue weighted by molar-refractivity contribution is 0.00473. The van der Waals surface area contributed by atoms with Crippen LogP contribution in [0.15, 0.2) is 77.6 Å². The number of anilines is 3. The van der Waals surface area contributed by atoms with Crippen molar-refractivity contribution >= 4 is 34.8 Å². The summed E-state index contributed by atoms with van der Waals surface area (Å²) in [5.74, 6) is 2.59. The van der Waals surface area contributed by atoms with Crippen LogP contribution in [-0.2, 0) is 12.8 Å². The van der Waals surface area contributed by atoms with Crippen molar-refractivity contribution in [3.63, 3.8) is 0 Å². The van der Waals surface area contributed by atoms with Gasteiger partial charge in [0, 0.05) is 50.5 Å². The number of imidazole rings is 1. The highest BCUT2D eigenvalue weighted by Gasteiger charge is 2.45. The Morgan fingerprint density at radius 3 is 2.41 bits per heavy atom. The van der Waals surface area contributed by atoms with Gasteiger partial charge in [-0.25, -0.2) is 9.78 Å². The first kappa shape index (κ1) is 35.1. The van der Waals surface area contributed by atoms with Gasteiger partial charge in [-0.2, -0.15) is 14.8 Å². The molecule has 2 aliphatic rings. The summed E-state index contributed by atoms with van der Waals surface area (Å²) in [5.41, 5.74) is 3.33. The zero-order valence-corrected chi connectivity index (χ0v) is 30.0. The van der Waals surface area contributed by atoms with Crippen LogP contribution >= 0.6 is 0 Å². The van der Waals surface area contributed by atoms with E-state index in [-0.39, 0.29) is 18.0 Å². The molecule has 1 saturated carbocycles. The largest absolute Gasteiger partial charge is 0.388 e. The number of fused-ring (bicyclic) bond motifs is 1. The lowest BCUT2D eigenvalue weighted by Gasteiger charge is -2.22. The van der Waals surface area contributed by atoms with E-state index in [1.165, 1.54) is 4.80 Å². The van der Waals surface area contributed by atoms with Crippen molar-refractivity contribution in [2.24, 2.45) is 0 Å². The maximum Gasteiger partial charge on any atom is 0.320 e. The van der Waals surface area contributed by atoms with Crippen molar-refractivity contribution in [3.05, 3.63) is 95.8 Å². The van der Waals surface area contributed by atoms with Crippen LogP contribution in [0.5, 0.6) is 0 Å².